The Labute approximate surface area is 248 Å². The number of carbonyl (C=O) groups excluding carboxylic acids is 1. The number of halogens is 1. The number of aliphatic carboxylic acids is 1. The molecule has 0 radical (unpaired) electrons. The Hall–Kier alpha value is -2.96. The van der Waals surface area contributed by atoms with Crippen LogP contribution in [0.25, 0.3) is 10.4 Å². The molecular formula is C29H31ClN2O7S2. The summed E-state index contributed by atoms with van der Waals surface area (Å²) in [4.78, 5) is 27.7. The molecule has 12 heteroatoms. The van der Waals surface area contributed by atoms with Gasteiger partial charge in [-0.2, -0.15) is 4.31 Å². The summed E-state index contributed by atoms with van der Waals surface area (Å²) in [7, 11) is -4.25. The highest BCUT2D eigenvalue weighted by Gasteiger charge is 2.73. The third-order valence-electron chi connectivity index (χ3n) is 7.73. The number of thiophene rings is 1. The summed E-state index contributed by atoms with van der Waals surface area (Å²) in [6, 6.07) is 19.4. The fourth-order valence-electron chi connectivity index (χ4n) is 5.61. The standard InChI is InChI=1S/C29H31ClN2O7S2/c1-20-26(22-6-3-2-4-7-22)29(20,27(33)34)32(14-5-17-39-28(35)31-15-18-38-19-16-31)41(36,37)25-13-12-24(40-25)21-8-10-23(30)11-9-21/h2-4,6-13,20,26H,5,14-19H2,1H3,(H,33,34)/t20-,26+,29-/m1/s1. The van der Waals surface area contributed by atoms with Crippen LogP contribution < -0.4 is 0 Å². The highest BCUT2D eigenvalue weighted by molar-refractivity contribution is 7.91. The summed E-state index contributed by atoms with van der Waals surface area (Å²) in [5.74, 6) is -2.23. The summed E-state index contributed by atoms with van der Waals surface area (Å²) in [6.45, 7) is 3.29. The first-order valence-electron chi connectivity index (χ1n) is 13.3. The molecule has 1 aliphatic carbocycles. The van der Waals surface area contributed by atoms with E-state index < -0.39 is 39.5 Å². The van der Waals surface area contributed by atoms with Crippen LogP contribution in [0.2, 0.25) is 5.02 Å². The fraction of sp³-hybridized carbons (Fsp3) is 0.379. The summed E-state index contributed by atoms with van der Waals surface area (Å²) in [6.07, 6.45) is -0.364. The molecule has 1 saturated carbocycles. The van der Waals surface area contributed by atoms with Gasteiger partial charge < -0.3 is 19.5 Å². The van der Waals surface area contributed by atoms with Crippen LogP contribution in [0.5, 0.6) is 0 Å². The van der Waals surface area contributed by atoms with Crippen LogP contribution in [-0.2, 0) is 24.3 Å². The topological polar surface area (TPSA) is 113 Å². The van der Waals surface area contributed by atoms with E-state index in [0.29, 0.717) is 36.2 Å². The predicted molar refractivity (Wildman–Crippen MR) is 156 cm³/mol. The smallest absolute Gasteiger partial charge is 0.409 e. The number of benzene rings is 2. The third-order valence-corrected chi connectivity index (χ3v) is 11.5. The first-order valence-corrected chi connectivity index (χ1v) is 16.0. The van der Waals surface area contributed by atoms with Gasteiger partial charge in [-0.25, -0.2) is 13.2 Å². The number of carboxylic acids is 1. The molecule has 2 aliphatic rings. The van der Waals surface area contributed by atoms with Gasteiger partial charge in [-0.05, 0) is 47.7 Å². The minimum atomic E-state index is -4.25. The number of sulfonamides is 1. The zero-order valence-electron chi connectivity index (χ0n) is 22.4. The average molecular weight is 619 g/mol. The average Bonchev–Trinajstić information content (AvgIpc) is 3.30. The molecule has 1 N–H and O–H groups in total. The first-order chi connectivity index (χ1) is 19.7. The van der Waals surface area contributed by atoms with Crippen LogP contribution in [0, 0.1) is 5.92 Å². The SMILES string of the molecule is C[C@@H]1[C@@H](c2ccccc2)[C@]1(C(=O)O)N(CCCOC(=O)N1CCOCC1)S(=O)(=O)c1ccc(-c2ccc(Cl)cc2)s1. The third kappa shape index (κ3) is 5.74. The lowest BCUT2D eigenvalue weighted by Crippen LogP contribution is -2.50. The number of carboxylic acid groups (broad SMARTS) is 1. The molecule has 0 unspecified atom stereocenters. The first kappa shape index (κ1) is 29.5. The Morgan fingerprint density at radius 1 is 1.10 bits per heavy atom. The monoisotopic (exact) mass is 618 g/mol. The van der Waals surface area contributed by atoms with Crippen LogP contribution in [0.4, 0.5) is 4.79 Å². The Bertz CT molecular complexity index is 1490. The summed E-state index contributed by atoms with van der Waals surface area (Å²) in [5, 5.41) is 11.2. The van der Waals surface area contributed by atoms with Gasteiger partial charge >= 0.3 is 12.1 Å². The molecule has 2 aromatic carbocycles. The lowest BCUT2D eigenvalue weighted by molar-refractivity contribution is -0.143. The minimum absolute atomic E-state index is 0.0410. The van der Waals surface area contributed by atoms with Crippen molar-refractivity contribution >= 4 is 45.0 Å². The van der Waals surface area contributed by atoms with Crippen molar-refractivity contribution in [1.82, 2.24) is 9.21 Å². The minimum Gasteiger partial charge on any atom is -0.480 e. The van der Waals surface area contributed by atoms with E-state index in [1.165, 1.54) is 11.0 Å². The number of nitrogens with zero attached hydrogens (tertiary/aromatic N) is 2. The van der Waals surface area contributed by atoms with Gasteiger partial charge in [-0.1, -0.05) is 61.0 Å². The van der Waals surface area contributed by atoms with Crippen molar-refractivity contribution in [2.75, 3.05) is 39.5 Å². The molecule has 218 valence electrons. The van der Waals surface area contributed by atoms with Crippen molar-refractivity contribution in [1.29, 1.82) is 0 Å². The maximum Gasteiger partial charge on any atom is 0.409 e. The van der Waals surface area contributed by atoms with E-state index in [9.17, 15) is 23.1 Å². The second kappa shape index (κ2) is 12.1. The van der Waals surface area contributed by atoms with Crippen molar-refractivity contribution in [2.24, 2.45) is 5.92 Å². The van der Waals surface area contributed by atoms with Crippen LogP contribution in [-0.4, -0.2) is 79.8 Å². The van der Waals surface area contributed by atoms with Crippen molar-refractivity contribution in [3.63, 3.8) is 0 Å². The van der Waals surface area contributed by atoms with E-state index in [1.807, 2.05) is 30.3 Å². The van der Waals surface area contributed by atoms with E-state index in [-0.39, 0.29) is 23.8 Å². The second-order valence-corrected chi connectivity index (χ2v) is 13.7. The Kier molecular flexibility index (Phi) is 8.72. The largest absolute Gasteiger partial charge is 0.480 e. The van der Waals surface area contributed by atoms with Crippen molar-refractivity contribution in [2.45, 2.75) is 29.0 Å². The number of morpholine rings is 1. The molecule has 41 heavy (non-hydrogen) atoms. The maximum absolute atomic E-state index is 14.2. The van der Waals surface area contributed by atoms with E-state index in [4.69, 9.17) is 21.1 Å². The maximum atomic E-state index is 14.2. The molecule has 2 heterocycles. The van der Waals surface area contributed by atoms with Crippen molar-refractivity contribution < 1.29 is 32.6 Å². The number of ether oxygens (including phenoxy) is 2. The molecule has 3 atom stereocenters. The van der Waals surface area contributed by atoms with Crippen LogP contribution in [0.3, 0.4) is 0 Å². The van der Waals surface area contributed by atoms with Gasteiger partial charge in [0.2, 0.25) is 0 Å². The number of rotatable bonds is 10. The van der Waals surface area contributed by atoms with E-state index in [1.54, 1.807) is 37.3 Å². The van der Waals surface area contributed by atoms with Gasteiger partial charge in [-0.3, -0.25) is 4.79 Å². The summed E-state index contributed by atoms with van der Waals surface area (Å²) >= 11 is 7.09. The molecular weight excluding hydrogens is 588 g/mol. The second-order valence-electron chi connectivity index (χ2n) is 10.1. The van der Waals surface area contributed by atoms with Gasteiger partial charge in [0.25, 0.3) is 10.0 Å². The van der Waals surface area contributed by atoms with Crippen molar-refractivity contribution in [3.8, 4) is 10.4 Å². The highest BCUT2D eigenvalue weighted by atomic mass is 35.5. The molecule has 3 aromatic rings. The van der Waals surface area contributed by atoms with Gasteiger partial charge in [0.1, 0.15) is 9.75 Å². The van der Waals surface area contributed by atoms with Crippen LogP contribution >= 0.6 is 22.9 Å². The van der Waals surface area contributed by atoms with Crippen molar-refractivity contribution in [3.05, 3.63) is 77.3 Å². The van der Waals surface area contributed by atoms with Crippen LogP contribution in [0.1, 0.15) is 24.8 Å². The molecule has 1 aliphatic heterocycles. The van der Waals surface area contributed by atoms with Crippen LogP contribution in [0.15, 0.2) is 70.9 Å². The fourth-order valence-corrected chi connectivity index (χ4v) is 9.02. The molecule has 9 nitrogen and oxygen atoms in total. The Balaban J connectivity index is 1.43. The number of carbonyl (C=O) groups is 2. The van der Waals surface area contributed by atoms with E-state index in [2.05, 4.69) is 0 Å². The normalized spacial score (nSPS) is 22.5. The zero-order chi connectivity index (χ0) is 29.2. The quantitative estimate of drug-likeness (QED) is 0.312. The lowest BCUT2D eigenvalue weighted by atomic mass is 10.1. The number of hydrogen-bond acceptors (Lipinski definition) is 7. The lowest BCUT2D eigenvalue weighted by Gasteiger charge is -2.30. The van der Waals surface area contributed by atoms with Gasteiger partial charge in [-0.15, -0.1) is 11.3 Å². The molecule has 0 bridgehead atoms. The molecule has 5 rings (SSSR count). The molecule has 0 spiro atoms. The summed E-state index contributed by atoms with van der Waals surface area (Å²) < 4.78 is 40.3. The van der Waals surface area contributed by atoms with E-state index >= 15 is 0 Å². The molecule has 1 aromatic heterocycles. The zero-order valence-corrected chi connectivity index (χ0v) is 24.8. The predicted octanol–water partition coefficient (Wildman–Crippen LogP) is 5.18. The molecule has 1 amide bonds. The molecule has 2 fully saturated rings. The van der Waals surface area contributed by atoms with Gasteiger partial charge in [0, 0.05) is 35.5 Å². The number of amides is 1. The van der Waals surface area contributed by atoms with Gasteiger partial charge in [0.15, 0.2) is 0 Å². The summed E-state index contributed by atoms with van der Waals surface area (Å²) in [5.41, 5.74) is -0.120. The van der Waals surface area contributed by atoms with Gasteiger partial charge in [0.05, 0.1) is 19.8 Å². The number of hydrogen-bond donors (Lipinski definition) is 1. The highest BCUT2D eigenvalue weighted by Crippen LogP contribution is 2.62. The Morgan fingerprint density at radius 2 is 1.78 bits per heavy atom. The Morgan fingerprint density at radius 3 is 2.44 bits per heavy atom. The van der Waals surface area contributed by atoms with E-state index in [0.717, 1.165) is 26.8 Å². The molecule has 1 saturated heterocycles.